The minimum absolute atomic E-state index is 0.203. The van der Waals surface area contributed by atoms with Gasteiger partial charge in [-0.3, -0.25) is 4.90 Å². The molecule has 2 fully saturated rings. The number of ether oxygens (including phenoxy) is 2. The molecule has 0 amide bonds. The first-order valence-corrected chi connectivity index (χ1v) is 9.53. The van der Waals surface area contributed by atoms with Gasteiger partial charge in [-0.15, -0.1) is 0 Å². The van der Waals surface area contributed by atoms with Crippen molar-refractivity contribution in [1.29, 1.82) is 0 Å². The molecule has 0 N–H and O–H groups in total. The predicted molar refractivity (Wildman–Crippen MR) is 97.4 cm³/mol. The standard InChI is InChI=1S/C21H27NO3/c1-2-24-20(23)19-8-7-17(15-25-19)22-13-11-21(12-14-22)10-9-16-5-3-4-6-18(16)21/h3-6,9-10,17,19H,2,7-8,11-15H2,1H3. The first-order chi connectivity index (χ1) is 12.2. The average molecular weight is 341 g/mol. The molecule has 4 heteroatoms. The van der Waals surface area contributed by atoms with E-state index in [1.807, 2.05) is 6.92 Å². The normalized spacial score (nSPS) is 28.0. The SMILES string of the molecule is CCOC(=O)C1CCC(N2CCC3(C=Cc4ccccc43)CC2)CO1. The van der Waals surface area contributed by atoms with Gasteiger partial charge in [0.15, 0.2) is 6.10 Å². The van der Waals surface area contributed by atoms with Crippen molar-refractivity contribution < 1.29 is 14.3 Å². The number of allylic oxidation sites excluding steroid dienone is 1. The lowest BCUT2D eigenvalue weighted by atomic mass is 9.74. The summed E-state index contributed by atoms with van der Waals surface area (Å²) < 4.78 is 10.9. The molecule has 1 aromatic carbocycles. The van der Waals surface area contributed by atoms with Gasteiger partial charge in [0.25, 0.3) is 0 Å². The van der Waals surface area contributed by atoms with Crippen molar-refractivity contribution in [3.63, 3.8) is 0 Å². The third-order valence-electron chi connectivity index (χ3n) is 6.09. The fraction of sp³-hybridized carbons (Fsp3) is 0.571. The third kappa shape index (κ3) is 3.13. The molecule has 2 saturated heterocycles. The number of benzene rings is 1. The molecule has 1 spiro atoms. The summed E-state index contributed by atoms with van der Waals surface area (Å²) in [6.45, 7) is 5.09. The Labute approximate surface area is 149 Å². The summed E-state index contributed by atoms with van der Waals surface area (Å²) in [5.74, 6) is -0.203. The van der Waals surface area contributed by atoms with Crippen LogP contribution in [0.25, 0.3) is 6.08 Å². The molecule has 0 saturated carbocycles. The van der Waals surface area contributed by atoms with Gasteiger partial charge in [-0.25, -0.2) is 4.79 Å². The van der Waals surface area contributed by atoms with Crippen LogP contribution in [0.2, 0.25) is 0 Å². The van der Waals surface area contributed by atoms with E-state index in [-0.39, 0.29) is 17.5 Å². The molecule has 2 aliphatic heterocycles. The molecule has 1 aliphatic carbocycles. The van der Waals surface area contributed by atoms with Gasteiger partial charge in [-0.05, 0) is 56.8 Å². The average Bonchev–Trinajstić information content (AvgIpc) is 3.01. The van der Waals surface area contributed by atoms with Crippen LogP contribution in [0.5, 0.6) is 0 Å². The maximum absolute atomic E-state index is 11.8. The largest absolute Gasteiger partial charge is 0.464 e. The highest BCUT2D eigenvalue weighted by atomic mass is 16.6. The van der Waals surface area contributed by atoms with E-state index in [1.165, 1.54) is 11.1 Å². The molecule has 0 aromatic heterocycles. The summed E-state index contributed by atoms with van der Waals surface area (Å²) in [6.07, 6.45) is 8.46. The highest BCUT2D eigenvalue weighted by Crippen LogP contribution is 2.44. The Bertz CT molecular complexity index is 653. The van der Waals surface area contributed by atoms with Crippen molar-refractivity contribution in [1.82, 2.24) is 4.90 Å². The molecule has 4 nitrogen and oxygen atoms in total. The van der Waals surface area contributed by atoms with Crippen LogP contribution in [0.15, 0.2) is 30.3 Å². The fourth-order valence-corrected chi connectivity index (χ4v) is 4.61. The second kappa shape index (κ2) is 6.93. The highest BCUT2D eigenvalue weighted by molar-refractivity contribution is 5.74. The van der Waals surface area contributed by atoms with Crippen LogP contribution in [0, 0.1) is 0 Å². The number of nitrogens with zero attached hydrogens (tertiary/aromatic N) is 1. The smallest absolute Gasteiger partial charge is 0.335 e. The van der Waals surface area contributed by atoms with Crippen LogP contribution in [0.4, 0.5) is 0 Å². The number of esters is 1. The maximum Gasteiger partial charge on any atom is 0.335 e. The molecule has 3 aliphatic rings. The van der Waals surface area contributed by atoms with E-state index in [9.17, 15) is 4.79 Å². The highest BCUT2D eigenvalue weighted by Gasteiger charge is 2.40. The van der Waals surface area contributed by atoms with Gasteiger partial charge >= 0.3 is 5.97 Å². The monoisotopic (exact) mass is 341 g/mol. The molecule has 25 heavy (non-hydrogen) atoms. The Morgan fingerprint density at radius 2 is 2.08 bits per heavy atom. The fourth-order valence-electron chi connectivity index (χ4n) is 4.61. The van der Waals surface area contributed by atoms with Gasteiger partial charge < -0.3 is 9.47 Å². The molecule has 2 unspecified atom stereocenters. The number of fused-ring (bicyclic) bond motifs is 2. The summed E-state index contributed by atoms with van der Waals surface area (Å²) in [5.41, 5.74) is 3.11. The Hall–Kier alpha value is -1.65. The van der Waals surface area contributed by atoms with E-state index >= 15 is 0 Å². The van der Waals surface area contributed by atoms with Crippen molar-refractivity contribution in [2.45, 2.75) is 50.2 Å². The predicted octanol–water partition coefficient (Wildman–Crippen LogP) is 3.16. The van der Waals surface area contributed by atoms with Crippen molar-refractivity contribution in [2.75, 3.05) is 26.3 Å². The topological polar surface area (TPSA) is 38.8 Å². The van der Waals surface area contributed by atoms with E-state index in [4.69, 9.17) is 9.47 Å². The van der Waals surface area contributed by atoms with Gasteiger partial charge in [0.2, 0.25) is 0 Å². The van der Waals surface area contributed by atoms with Crippen LogP contribution in [0.1, 0.15) is 43.7 Å². The molecule has 1 aromatic rings. The van der Waals surface area contributed by atoms with E-state index in [1.54, 1.807) is 0 Å². The molecule has 0 bridgehead atoms. The first-order valence-electron chi connectivity index (χ1n) is 9.53. The number of piperidine rings is 1. The summed E-state index contributed by atoms with van der Waals surface area (Å²) in [6, 6.07) is 9.22. The van der Waals surface area contributed by atoms with Crippen molar-refractivity contribution >= 4 is 12.0 Å². The zero-order chi connectivity index (χ0) is 17.3. The van der Waals surface area contributed by atoms with Crippen LogP contribution in [0.3, 0.4) is 0 Å². The van der Waals surface area contributed by atoms with E-state index < -0.39 is 0 Å². The van der Waals surface area contributed by atoms with Crippen LogP contribution < -0.4 is 0 Å². The van der Waals surface area contributed by atoms with Crippen LogP contribution in [-0.4, -0.2) is 49.3 Å². The first kappa shape index (κ1) is 16.8. The van der Waals surface area contributed by atoms with Gasteiger partial charge in [0.05, 0.1) is 13.2 Å². The Balaban J connectivity index is 1.33. The maximum atomic E-state index is 11.8. The number of rotatable bonds is 3. The van der Waals surface area contributed by atoms with Crippen molar-refractivity contribution in [2.24, 2.45) is 0 Å². The lowest BCUT2D eigenvalue weighted by molar-refractivity contribution is -0.162. The summed E-state index contributed by atoms with van der Waals surface area (Å²) in [4.78, 5) is 14.4. The van der Waals surface area contributed by atoms with E-state index in [2.05, 4.69) is 41.3 Å². The zero-order valence-electron chi connectivity index (χ0n) is 14.9. The Morgan fingerprint density at radius 1 is 1.28 bits per heavy atom. The van der Waals surface area contributed by atoms with Gasteiger partial charge in [-0.1, -0.05) is 36.4 Å². The van der Waals surface area contributed by atoms with Crippen molar-refractivity contribution in [3.8, 4) is 0 Å². The zero-order valence-corrected chi connectivity index (χ0v) is 14.9. The molecule has 2 atom stereocenters. The number of likely N-dealkylation sites (tertiary alicyclic amines) is 1. The van der Waals surface area contributed by atoms with Crippen LogP contribution >= 0.6 is 0 Å². The van der Waals surface area contributed by atoms with Gasteiger partial charge in [0.1, 0.15) is 0 Å². The Morgan fingerprint density at radius 3 is 2.80 bits per heavy atom. The second-order valence-corrected chi connectivity index (χ2v) is 7.42. The number of carbonyl (C=O) groups is 1. The Kier molecular flexibility index (Phi) is 4.65. The van der Waals surface area contributed by atoms with Gasteiger partial charge in [0, 0.05) is 11.5 Å². The van der Waals surface area contributed by atoms with Crippen LogP contribution in [-0.2, 0) is 19.7 Å². The van der Waals surface area contributed by atoms with Gasteiger partial charge in [-0.2, -0.15) is 0 Å². The van der Waals surface area contributed by atoms with E-state index in [0.717, 1.165) is 38.8 Å². The summed E-state index contributed by atoms with van der Waals surface area (Å²) in [7, 11) is 0. The summed E-state index contributed by atoms with van der Waals surface area (Å²) >= 11 is 0. The molecule has 2 heterocycles. The lowest BCUT2D eigenvalue weighted by Gasteiger charge is -2.44. The van der Waals surface area contributed by atoms with Crippen molar-refractivity contribution in [3.05, 3.63) is 41.5 Å². The minimum atomic E-state index is -0.364. The number of hydrogen-bond acceptors (Lipinski definition) is 4. The lowest BCUT2D eigenvalue weighted by Crippen LogP contribution is -2.50. The molecule has 134 valence electrons. The molecular weight excluding hydrogens is 314 g/mol. The van der Waals surface area contributed by atoms with E-state index in [0.29, 0.717) is 19.3 Å². The number of carbonyl (C=O) groups excluding carboxylic acids is 1. The minimum Gasteiger partial charge on any atom is -0.464 e. The number of hydrogen-bond donors (Lipinski definition) is 0. The molecule has 4 rings (SSSR count). The third-order valence-corrected chi connectivity index (χ3v) is 6.09. The molecular formula is C21H27NO3. The summed E-state index contributed by atoms with van der Waals surface area (Å²) in [5, 5.41) is 0. The quantitative estimate of drug-likeness (QED) is 0.792. The second-order valence-electron chi connectivity index (χ2n) is 7.42. The molecule has 0 radical (unpaired) electrons.